The number of allylic oxidation sites excluding steroid dienone is 1. The van der Waals surface area contributed by atoms with Gasteiger partial charge in [-0.25, -0.2) is 8.42 Å². The highest BCUT2D eigenvalue weighted by atomic mass is 32.2. The Hall–Kier alpha value is -2.96. The average Bonchev–Trinajstić information content (AvgIpc) is 3.25. The minimum atomic E-state index is -3.70. The molecule has 2 aromatic rings. The number of ether oxygens (including phenoxy) is 1. The molecule has 0 saturated carbocycles. The maximum absolute atomic E-state index is 13.2. The molecule has 33 heavy (non-hydrogen) atoms. The molecular weight excluding hydrogens is 434 g/mol. The van der Waals surface area contributed by atoms with Crippen LogP contribution in [0.5, 0.6) is 0 Å². The zero-order valence-corrected chi connectivity index (χ0v) is 20.1. The van der Waals surface area contributed by atoms with Crippen molar-refractivity contribution in [3.05, 3.63) is 102 Å². The van der Waals surface area contributed by atoms with Crippen LogP contribution in [0.3, 0.4) is 0 Å². The molecule has 0 amide bonds. The Bertz CT molecular complexity index is 1130. The van der Waals surface area contributed by atoms with Crippen LogP contribution < -0.4 is 0 Å². The summed E-state index contributed by atoms with van der Waals surface area (Å²) in [5, 5.41) is 0. The molecule has 0 saturated heterocycles. The third kappa shape index (κ3) is 6.09. The lowest BCUT2D eigenvalue weighted by atomic mass is 9.94. The quantitative estimate of drug-likeness (QED) is 0.372. The van der Waals surface area contributed by atoms with E-state index in [1.807, 2.05) is 37.3 Å². The second-order valence-corrected chi connectivity index (χ2v) is 9.96. The Kier molecular flexibility index (Phi) is 8.42. The predicted octanol–water partition coefficient (Wildman–Crippen LogP) is 4.85. The largest absolute Gasteiger partial charge is 0.465 e. The number of rotatable bonds is 10. The zero-order valence-electron chi connectivity index (χ0n) is 19.2. The first-order chi connectivity index (χ1) is 15.9. The molecule has 1 aliphatic rings. The molecular formula is C27H31NO4S. The second-order valence-electron chi connectivity index (χ2n) is 8.02. The van der Waals surface area contributed by atoms with Crippen LogP contribution in [-0.2, 0) is 26.0 Å². The first-order valence-corrected chi connectivity index (χ1v) is 12.6. The van der Waals surface area contributed by atoms with Crippen LogP contribution in [-0.4, -0.2) is 38.4 Å². The number of carbonyl (C=O) groups is 1. The number of sulfonamides is 1. The van der Waals surface area contributed by atoms with E-state index in [0.29, 0.717) is 0 Å². The molecule has 0 fully saturated rings. The van der Waals surface area contributed by atoms with Gasteiger partial charge in [-0.15, -0.1) is 0 Å². The molecule has 0 N–H and O–H groups in total. The van der Waals surface area contributed by atoms with E-state index in [0.717, 1.165) is 29.6 Å². The third-order valence-electron chi connectivity index (χ3n) is 5.70. The molecule has 0 aromatic heterocycles. The van der Waals surface area contributed by atoms with Gasteiger partial charge < -0.3 is 4.74 Å². The summed E-state index contributed by atoms with van der Waals surface area (Å²) >= 11 is 0. The van der Waals surface area contributed by atoms with Crippen molar-refractivity contribution in [3.8, 4) is 0 Å². The van der Waals surface area contributed by atoms with E-state index in [4.69, 9.17) is 4.74 Å². The molecule has 1 atom stereocenters. The van der Waals surface area contributed by atoms with Crippen molar-refractivity contribution in [1.29, 1.82) is 0 Å². The second kappa shape index (κ2) is 11.3. The van der Waals surface area contributed by atoms with E-state index in [2.05, 4.69) is 18.7 Å². The molecule has 6 heteroatoms. The minimum absolute atomic E-state index is 0.129. The molecule has 1 aliphatic heterocycles. The van der Waals surface area contributed by atoms with E-state index >= 15 is 0 Å². The summed E-state index contributed by atoms with van der Waals surface area (Å²) in [5.41, 5.74) is 3.67. The monoisotopic (exact) mass is 465 g/mol. The highest BCUT2D eigenvalue weighted by molar-refractivity contribution is 7.89. The van der Waals surface area contributed by atoms with Gasteiger partial charge in [0.15, 0.2) is 0 Å². The van der Waals surface area contributed by atoms with Crippen LogP contribution in [0.2, 0.25) is 0 Å². The Labute approximate surface area is 197 Å². The number of hydrogen-bond acceptors (Lipinski definition) is 4. The van der Waals surface area contributed by atoms with E-state index in [-0.39, 0.29) is 30.6 Å². The Morgan fingerprint density at radius 3 is 2.45 bits per heavy atom. The molecule has 1 heterocycles. The number of nitrogens with zero attached hydrogens (tertiary/aromatic N) is 1. The third-order valence-corrected chi connectivity index (χ3v) is 7.50. The summed E-state index contributed by atoms with van der Waals surface area (Å²) in [4.78, 5) is 13.0. The number of aryl methyl sites for hydroxylation is 2. The van der Waals surface area contributed by atoms with E-state index in [1.54, 1.807) is 37.3 Å². The highest BCUT2D eigenvalue weighted by Crippen LogP contribution is 2.31. The molecule has 5 nitrogen and oxygen atoms in total. The standard InChI is InChI=1S/C27H31NO4S/c1-4-23-19-28(33(30,31)24-17-15-21(3)16-18-24)20-26(23)25(27(29)32-5-2)14-10-9-13-22-11-7-6-8-12-22/h4,6-8,10-12,14-18,25H,1,5,9,13,19-20H2,2-3H3. The minimum Gasteiger partial charge on any atom is -0.465 e. The van der Waals surface area contributed by atoms with Crippen molar-refractivity contribution in [2.75, 3.05) is 19.7 Å². The summed E-state index contributed by atoms with van der Waals surface area (Å²) in [5.74, 6) is -1.02. The average molecular weight is 466 g/mol. The fourth-order valence-electron chi connectivity index (χ4n) is 3.86. The predicted molar refractivity (Wildman–Crippen MR) is 131 cm³/mol. The van der Waals surface area contributed by atoms with E-state index in [1.165, 1.54) is 9.87 Å². The molecule has 174 valence electrons. The molecule has 0 radical (unpaired) electrons. The van der Waals surface area contributed by atoms with Crippen molar-refractivity contribution in [2.24, 2.45) is 5.92 Å². The summed E-state index contributed by atoms with van der Waals surface area (Å²) in [7, 11) is -3.70. The molecule has 2 aromatic carbocycles. The fraction of sp³-hybridized carbons (Fsp3) is 0.296. The molecule has 1 unspecified atom stereocenters. The topological polar surface area (TPSA) is 63.7 Å². The summed E-state index contributed by atoms with van der Waals surface area (Å²) < 4.78 is 33.2. The SMILES string of the molecule is C=CC1=C(C(C=CCCc2ccccc2)C(=O)OCC)CN(S(=O)(=O)c2ccc(C)cc2)C1. The highest BCUT2D eigenvalue weighted by Gasteiger charge is 2.36. The molecule has 3 rings (SSSR count). The normalized spacial score (nSPS) is 15.7. The van der Waals surface area contributed by atoms with E-state index < -0.39 is 15.9 Å². The first kappa shape index (κ1) is 24.7. The number of carbonyl (C=O) groups excluding carboxylic acids is 1. The first-order valence-electron chi connectivity index (χ1n) is 11.1. The van der Waals surface area contributed by atoms with Crippen molar-refractivity contribution in [3.63, 3.8) is 0 Å². The van der Waals surface area contributed by atoms with Crippen LogP contribution in [0.4, 0.5) is 0 Å². The number of benzene rings is 2. The van der Waals surface area contributed by atoms with Crippen molar-refractivity contribution in [1.82, 2.24) is 4.31 Å². The van der Waals surface area contributed by atoms with Gasteiger partial charge in [0.1, 0.15) is 0 Å². The number of hydrogen-bond donors (Lipinski definition) is 0. The van der Waals surface area contributed by atoms with Gasteiger partial charge >= 0.3 is 5.97 Å². The zero-order chi connectivity index (χ0) is 23.8. The lowest BCUT2D eigenvalue weighted by Crippen LogP contribution is -2.31. The Morgan fingerprint density at radius 2 is 1.82 bits per heavy atom. The smallest absolute Gasteiger partial charge is 0.317 e. The van der Waals surface area contributed by atoms with Gasteiger partial charge in [0.05, 0.1) is 17.4 Å². The lowest BCUT2D eigenvalue weighted by Gasteiger charge is -2.18. The van der Waals surface area contributed by atoms with Crippen LogP contribution in [0.1, 0.15) is 24.5 Å². The van der Waals surface area contributed by atoms with Gasteiger partial charge in [-0.3, -0.25) is 4.79 Å². The van der Waals surface area contributed by atoms with Crippen LogP contribution in [0, 0.1) is 12.8 Å². The Morgan fingerprint density at radius 1 is 1.12 bits per heavy atom. The molecule has 0 bridgehead atoms. The van der Waals surface area contributed by atoms with E-state index in [9.17, 15) is 13.2 Å². The maximum Gasteiger partial charge on any atom is 0.317 e. The van der Waals surface area contributed by atoms with Gasteiger partial charge in [0, 0.05) is 13.1 Å². The van der Waals surface area contributed by atoms with Gasteiger partial charge in [0.2, 0.25) is 10.0 Å². The maximum atomic E-state index is 13.2. The lowest BCUT2D eigenvalue weighted by molar-refractivity contribution is -0.145. The van der Waals surface area contributed by atoms with Crippen molar-refractivity contribution >= 4 is 16.0 Å². The van der Waals surface area contributed by atoms with Gasteiger partial charge in [-0.05, 0) is 55.5 Å². The van der Waals surface area contributed by atoms with Gasteiger partial charge in [-0.1, -0.05) is 72.8 Å². The summed E-state index contributed by atoms with van der Waals surface area (Å²) in [6, 6.07) is 16.9. The van der Waals surface area contributed by atoms with Crippen LogP contribution in [0.25, 0.3) is 0 Å². The van der Waals surface area contributed by atoms with Crippen molar-refractivity contribution < 1.29 is 17.9 Å². The van der Waals surface area contributed by atoms with Crippen LogP contribution >= 0.6 is 0 Å². The summed E-state index contributed by atoms with van der Waals surface area (Å²) in [6.07, 6.45) is 7.07. The molecule has 0 spiro atoms. The van der Waals surface area contributed by atoms with Gasteiger partial charge in [0.25, 0.3) is 0 Å². The van der Waals surface area contributed by atoms with Crippen LogP contribution in [0.15, 0.2) is 95.4 Å². The van der Waals surface area contributed by atoms with Gasteiger partial charge in [-0.2, -0.15) is 4.31 Å². The number of esters is 1. The fourth-order valence-corrected chi connectivity index (χ4v) is 5.25. The van der Waals surface area contributed by atoms with Crippen molar-refractivity contribution in [2.45, 2.75) is 31.6 Å². The molecule has 0 aliphatic carbocycles. The summed E-state index contributed by atoms with van der Waals surface area (Å²) in [6.45, 7) is 8.11. The Balaban J connectivity index is 1.81.